The van der Waals surface area contributed by atoms with Crippen molar-refractivity contribution in [3.05, 3.63) is 35.9 Å². The molecule has 2 aromatic rings. The van der Waals surface area contributed by atoms with Gasteiger partial charge in [-0.3, -0.25) is 5.10 Å². The van der Waals surface area contributed by atoms with Crippen molar-refractivity contribution in [1.82, 2.24) is 15.5 Å². The van der Waals surface area contributed by atoms with Gasteiger partial charge in [-0.2, -0.15) is 5.10 Å². The van der Waals surface area contributed by atoms with E-state index in [9.17, 15) is 4.39 Å². The SMILES string of the molecule is COc1ccc(-c2cn[nH]c2C2CCCN2)cc1F. The fraction of sp³-hybridized carbons (Fsp3) is 0.357. The summed E-state index contributed by atoms with van der Waals surface area (Å²) < 4.78 is 18.7. The molecule has 0 bridgehead atoms. The molecule has 0 aliphatic carbocycles. The number of H-pyrrole nitrogens is 1. The molecule has 1 aromatic heterocycles. The Balaban J connectivity index is 1.98. The van der Waals surface area contributed by atoms with E-state index in [0.717, 1.165) is 36.2 Å². The van der Waals surface area contributed by atoms with E-state index in [1.807, 2.05) is 6.07 Å². The van der Waals surface area contributed by atoms with E-state index in [4.69, 9.17) is 4.74 Å². The third-order valence-electron chi connectivity index (χ3n) is 3.54. The van der Waals surface area contributed by atoms with Crippen LogP contribution in [0.3, 0.4) is 0 Å². The summed E-state index contributed by atoms with van der Waals surface area (Å²) in [7, 11) is 1.46. The van der Waals surface area contributed by atoms with Gasteiger partial charge in [0.2, 0.25) is 0 Å². The van der Waals surface area contributed by atoms with Crippen molar-refractivity contribution in [1.29, 1.82) is 0 Å². The topological polar surface area (TPSA) is 49.9 Å². The van der Waals surface area contributed by atoms with Crippen LogP contribution in [0.25, 0.3) is 11.1 Å². The highest BCUT2D eigenvalue weighted by atomic mass is 19.1. The zero-order valence-corrected chi connectivity index (χ0v) is 10.7. The summed E-state index contributed by atoms with van der Waals surface area (Å²) in [4.78, 5) is 0. The highest BCUT2D eigenvalue weighted by molar-refractivity contribution is 5.66. The summed E-state index contributed by atoms with van der Waals surface area (Å²) >= 11 is 0. The van der Waals surface area contributed by atoms with E-state index in [-0.39, 0.29) is 17.6 Å². The second-order valence-electron chi connectivity index (χ2n) is 4.70. The summed E-state index contributed by atoms with van der Waals surface area (Å²) in [5.41, 5.74) is 2.79. The molecule has 19 heavy (non-hydrogen) atoms. The first-order valence-corrected chi connectivity index (χ1v) is 6.40. The number of halogens is 1. The number of hydrogen-bond donors (Lipinski definition) is 2. The normalized spacial score (nSPS) is 18.7. The van der Waals surface area contributed by atoms with Gasteiger partial charge in [-0.25, -0.2) is 4.39 Å². The van der Waals surface area contributed by atoms with Gasteiger partial charge in [0.25, 0.3) is 0 Å². The molecule has 0 amide bonds. The molecule has 0 radical (unpaired) electrons. The van der Waals surface area contributed by atoms with Crippen LogP contribution in [-0.4, -0.2) is 23.9 Å². The second kappa shape index (κ2) is 5.01. The smallest absolute Gasteiger partial charge is 0.165 e. The number of aromatic nitrogens is 2. The molecule has 1 aromatic carbocycles. The molecule has 0 saturated carbocycles. The average Bonchev–Trinajstić information content (AvgIpc) is 3.09. The lowest BCUT2D eigenvalue weighted by atomic mass is 10.0. The minimum Gasteiger partial charge on any atom is -0.494 e. The Labute approximate surface area is 111 Å². The first-order valence-electron chi connectivity index (χ1n) is 6.40. The van der Waals surface area contributed by atoms with Gasteiger partial charge in [-0.05, 0) is 37.1 Å². The van der Waals surface area contributed by atoms with Crippen LogP contribution in [0.2, 0.25) is 0 Å². The fourth-order valence-electron chi connectivity index (χ4n) is 2.56. The number of ether oxygens (including phenoxy) is 1. The minimum atomic E-state index is -0.355. The number of rotatable bonds is 3. The lowest BCUT2D eigenvalue weighted by Crippen LogP contribution is -2.14. The van der Waals surface area contributed by atoms with E-state index >= 15 is 0 Å². The first kappa shape index (κ1) is 12.2. The molecule has 1 aliphatic rings. The number of nitrogens with one attached hydrogen (secondary N) is 2. The molecular weight excluding hydrogens is 245 g/mol. The summed E-state index contributed by atoms with van der Waals surface area (Å²) in [6.45, 7) is 1.01. The maximum absolute atomic E-state index is 13.8. The first-order chi connectivity index (χ1) is 9.29. The van der Waals surface area contributed by atoms with Crippen LogP contribution in [0.4, 0.5) is 4.39 Å². The van der Waals surface area contributed by atoms with Gasteiger partial charge in [0, 0.05) is 11.6 Å². The highest BCUT2D eigenvalue weighted by Gasteiger charge is 2.22. The van der Waals surface area contributed by atoms with Crippen molar-refractivity contribution >= 4 is 0 Å². The van der Waals surface area contributed by atoms with Crippen LogP contribution in [0.15, 0.2) is 24.4 Å². The average molecular weight is 261 g/mol. The number of benzene rings is 1. The van der Waals surface area contributed by atoms with Gasteiger partial charge in [-0.15, -0.1) is 0 Å². The second-order valence-corrected chi connectivity index (χ2v) is 4.70. The van der Waals surface area contributed by atoms with Crippen molar-refractivity contribution in [3.8, 4) is 16.9 Å². The lowest BCUT2D eigenvalue weighted by molar-refractivity contribution is 0.386. The zero-order valence-electron chi connectivity index (χ0n) is 10.7. The molecule has 5 heteroatoms. The Morgan fingerprint density at radius 1 is 1.42 bits per heavy atom. The van der Waals surface area contributed by atoms with Gasteiger partial charge >= 0.3 is 0 Å². The van der Waals surface area contributed by atoms with Crippen molar-refractivity contribution in [2.24, 2.45) is 0 Å². The molecule has 3 rings (SSSR count). The number of aromatic amines is 1. The molecule has 1 atom stereocenters. The van der Waals surface area contributed by atoms with E-state index < -0.39 is 0 Å². The Hall–Kier alpha value is -1.88. The van der Waals surface area contributed by atoms with Gasteiger partial charge in [0.05, 0.1) is 19.0 Å². The monoisotopic (exact) mass is 261 g/mol. The number of nitrogens with zero attached hydrogens (tertiary/aromatic N) is 1. The van der Waals surface area contributed by atoms with Crippen molar-refractivity contribution in [2.75, 3.05) is 13.7 Å². The van der Waals surface area contributed by atoms with E-state index in [2.05, 4.69) is 15.5 Å². The molecule has 2 N–H and O–H groups in total. The van der Waals surface area contributed by atoms with Gasteiger partial charge in [0.1, 0.15) is 0 Å². The molecule has 2 heterocycles. The molecule has 1 fully saturated rings. The van der Waals surface area contributed by atoms with Crippen LogP contribution in [-0.2, 0) is 0 Å². The summed E-state index contributed by atoms with van der Waals surface area (Å²) in [6, 6.07) is 5.26. The van der Waals surface area contributed by atoms with Crippen LogP contribution < -0.4 is 10.1 Å². The van der Waals surface area contributed by atoms with Crippen LogP contribution in [0, 0.1) is 5.82 Å². The third-order valence-corrected chi connectivity index (χ3v) is 3.54. The Kier molecular flexibility index (Phi) is 3.21. The Morgan fingerprint density at radius 2 is 2.32 bits per heavy atom. The van der Waals surface area contributed by atoms with Crippen molar-refractivity contribution in [3.63, 3.8) is 0 Å². The summed E-state index contributed by atoms with van der Waals surface area (Å²) in [6.07, 6.45) is 3.98. The molecule has 4 nitrogen and oxygen atoms in total. The molecular formula is C14H16FN3O. The standard InChI is InChI=1S/C14H16FN3O/c1-19-13-5-4-9(7-11(13)15)10-8-17-18-14(10)12-3-2-6-16-12/h4-5,7-8,12,16H,2-3,6H2,1H3,(H,17,18). The number of hydrogen-bond acceptors (Lipinski definition) is 3. The fourth-order valence-corrected chi connectivity index (χ4v) is 2.56. The molecule has 0 spiro atoms. The summed E-state index contributed by atoms with van der Waals surface area (Å²) in [5.74, 6) is -0.0979. The quantitative estimate of drug-likeness (QED) is 0.893. The maximum Gasteiger partial charge on any atom is 0.165 e. The minimum absolute atomic E-state index is 0.257. The summed E-state index contributed by atoms with van der Waals surface area (Å²) in [5, 5.41) is 10.5. The predicted molar refractivity (Wildman–Crippen MR) is 70.5 cm³/mol. The third kappa shape index (κ3) is 2.21. The molecule has 100 valence electrons. The van der Waals surface area contributed by atoms with Gasteiger partial charge < -0.3 is 10.1 Å². The molecule has 1 saturated heterocycles. The predicted octanol–water partition coefficient (Wildman–Crippen LogP) is 2.65. The zero-order chi connectivity index (χ0) is 13.2. The van der Waals surface area contributed by atoms with Crippen molar-refractivity contribution in [2.45, 2.75) is 18.9 Å². The lowest BCUT2D eigenvalue weighted by Gasteiger charge is -2.11. The molecule has 1 aliphatic heterocycles. The molecule has 1 unspecified atom stereocenters. The highest BCUT2D eigenvalue weighted by Crippen LogP contribution is 2.32. The van der Waals surface area contributed by atoms with Gasteiger partial charge in [-0.1, -0.05) is 6.07 Å². The van der Waals surface area contributed by atoms with E-state index in [1.165, 1.54) is 13.2 Å². The number of methoxy groups -OCH3 is 1. The van der Waals surface area contributed by atoms with Gasteiger partial charge in [0.15, 0.2) is 11.6 Å². The maximum atomic E-state index is 13.8. The largest absolute Gasteiger partial charge is 0.494 e. The van der Waals surface area contributed by atoms with Crippen molar-refractivity contribution < 1.29 is 9.13 Å². The van der Waals surface area contributed by atoms with Crippen LogP contribution in [0.1, 0.15) is 24.6 Å². The van der Waals surface area contributed by atoms with E-state index in [1.54, 1.807) is 12.3 Å². The Morgan fingerprint density at radius 3 is 3.00 bits per heavy atom. The van der Waals surface area contributed by atoms with Crippen LogP contribution >= 0.6 is 0 Å². The van der Waals surface area contributed by atoms with E-state index in [0.29, 0.717) is 0 Å². The Bertz CT molecular complexity index is 576. The van der Waals surface area contributed by atoms with Crippen LogP contribution in [0.5, 0.6) is 5.75 Å².